The molecule has 82 valence electrons. The van der Waals surface area contributed by atoms with E-state index in [1.165, 1.54) is 5.56 Å². The number of pyridine rings is 1. The maximum absolute atomic E-state index is 5.41. The third-order valence-electron chi connectivity index (χ3n) is 2.68. The Morgan fingerprint density at radius 3 is 3.27 bits per heavy atom. The number of halogens is 1. The van der Waals surface area contributed by atoms with E-state index < -0.39 is 0 Å². The minimum atomic E-state index is 0.505. The monoisotopic (exact) mass is 270 g/mol. The number of ether oxygens (including phenoxy) is 1. The largest absolute Gasteiger partial charge is 0.379 e. The minimum absolute atomic E-state index is 0.505. The Kier molecular flexibility index (Phi) is 3.72. The van der Waals surface area contributed by atoms with Crippen molar-refractivity contribution in [3.05, 3.63) is 28.5 Å². The van der Waals surface area contributed by atoms with Gasteiger partial charge in [0.15, 0.2) is 0 Å². The summed E-state index contributed by atoms with van der Waals surface area (Å²) in [6, 6.07) is 4.64. The van der Waals surface area contributed by atoms with Gasteiger partial charge in [-0.1, -0.05) is 0 Å². The number of aromatic nitrogens is 1. The molecule has 0 bridgehead atoms. The summed E-state index contributed by atoms with van der Waals surface area (Å²) in [6.45, 7) is 5.88. The van der Waals surface area contributed by atoms with Crippen molar-refractivity contribution in [2.45, 2.75) is 19.5 Å². The molecule has 0 saturated carbocycles. The molecule has 0 unspecified atom stereocenters. The van der Waals surface area contributed by atoms with Crippen LogP contribution < -0.4 is 0 Å². The third kappa shape index (κ3) is 3.00. The molecular weight excluding hydrogens is 256 g/mol. The second-order valence-electron chi connectivity index (χ2n) is 3.88. The van der Waals surface area contributed by atoms with Gasteiger partial charge >= 0.3 is 0 Å². The van der Waals surface area contributed by atoms with E-state index in [4.69, 9.17) is 4.74 Å². The van der Waals surface area contributed by atoms with Crippen LogP contribution in [0.4, 0.5) is 0 Å². The van der Waals surface area contributed by atoms with Gasteiger partial charge in [-0.25, -0.2) is 4.98 Å². The predicted molar refractivity (Wildman–Crippen MR) is 62.6 cm³/mol. The molecule has 1 saturated heterocycles. The van der Waals surface area contributed by atoms with Gasteiger partial charge in [0.2, 0.25) is 0 Å². The molecule has 3 nitrogen and oxygen atoms in total. The van der Waals surface area contributed by atoms with Gasteiger partial charge in [-0.3, -0.25) is 4.90 Å². The van der Waals surface area contributed by atoms with Crippen molar-refractivity contribution in [1.29, 1.82) is 0 Å². The lowest BCUT2D eigenvalue weighted by Gasteiger charge is -2.33. The highest BCUT2D eigenvalue weighted by atomic mass is 79.9. The van der Waals surface area contributed by atoms with Crippen molar-refractivity contribution in [2.75, 3.05) is 19.8 Å². The molecule has 0 amide bonds. The van der Waals surface area contributed by atoms with Crippen LogP contribution in [0.1, 0.15) is 12.5 Å². The first kappa shape index (κ1) is 11.0. The summed E-state index contributed by atoms with van der Waals surface area (Å²) in [5.41, 5.74) is 1.30. The molecule has 0 aliphatic carbocycles. The number of hydrogen-bond acceptors (Lipinski definition) is 3. The van der Waals surface area contributed by atoms with E-state index in [0.717, 1.165) is 30.9 Å². The second-order valence-corrected chi connectivity index (χ2v) is 4.69. The van der Waals surface area contributed by atoms with Gasteiger partial charge in [0.05, 0.1) is 13.2 Å². The van der Waals surface area contributed by atoms with E-state index in [2.05, 4.69) is 44.9 Å². The Balaban J connectivity index is 2.01. The van der Waals surface area contributed by atoms with Gasteiger partial charge in [-0.15, -0.1) is 0 Å². The zero-order valence-electron chi connectivity index (χ0n) is 8.82. The molecule has 0 aromatic carbocycles. The molecule has 1 atom stereocenters. The highest BCUT2D eigenvalue weighted by Crippen LogP contribution is 2.14. The van der Waals surface area contributed by atoms with Gasteiger partial charge in [-0.2, -0.15) is 0 Å². The highest BCUT2D eigenvalue weighted by molar-refractivity contribution is 9.10. The lowest BCUT2D eigenvalue weighted by Crippen LogP contribution is -2.42. The SMILES string of the molecule is C[C@H]1COCCN1Cc1ccnc(Br)c1. The minimum Gasteiger partial charge on any atom is -0.379 e. The van der Waals surface area contributed by atoms with E-state index in [-0.39, 0.29) is 0 Å². The lowest BCUT2D eigenvalue weighted by atomic mass is 10.2. The fraction of sp³-hybridized carbons (Fsp3) is 0.545. The van der Waals surface area contributed by atoms with Crippen LogP contribution in [-0.4, -0.2) is 35.7 Å². The second kappa shape index (κ2) is 5.05. The number of morpholine rings is 1. The molecule has 1 aromatic rings. The van der Waals surface area contributed by atoms with Crippen LogP contribution in [0.15, 0.2) is 22.9 Å². The standard InChI is InChI=1S/C11H15BrN2O/c1-9-8-15-5-4-14(9)7-10-2-3-13-11(12)6-10/h2-3,6,9H,4-5,7-8H2,1H3/t9-/m0/s1. The maximum Gasteiger partial charge on any atom is 0.106 e. The lowest BCUT2D eigenvalue weighted by molar-refractivity contribution is -0.00438. The van der Waals surface area contributed by atoms with Gasteiger partial charge in [-0.05, 0) is 40.5 Å². The van der Waals surface area contributed by atoms with Crippen molar-refractivity contribution in [2.24, 2.45) is 0 Å². The number of rotatable bonds is 2. The number of nitrogens with zero attached hydrogens (tertiary/aromatic N) is 2. The smallest absolute Gasteiger partial charge is 0.106 e. The summed E-state index contributed by atoms with van der Waals surface area (Å²) < 4.78 is 6.31. The molecule has 1 aromatic heterocycles. The van der Waals surface area contributed by atoms with Gasteiger partial charge < -0.3 is 4.74 Å². The average Bonchev–Trinajstić information content (AvgIpc) is 2.22. The summed E-state index contributed by atoms with van der Waals surface area (Å²) in [5, 5.41) is 0. The van der Waals surface area contributed by atoms with Crippen LogP contribution in [0.25, 0.3) is 0 Å². The fourth-order valence-electron chi connectivity index (χ4n) is 1.77. The Morgan fingerprint density at radius 1 is 1.67 bits per heavy atom. The Bertz CT molecular complexity index is 332. The summed E-state index contributed by atoms with van der Waals surface area (Å²) in [5.74, 6) is 0. The molecular formula is C11H15BrN2O. The maximum atomic E-state index is 5.41. The first-order valence-corrected chi connectivity index (χ1v) is 5.97. The first-order valence-electron chi connectivity index (χ1n) is 5.18. The van der Waals surface area contributed by atoms with Crippen LogP contribution in [0.3, 0.4) is 0 Å². The summed E-state index contributed by atoms with van der Waals surface area (Å²) in [4.78, 5) is 6.56. The van der Waals surface area contributed by atoms with Crippen molar-refractivity contribution < 1.29 is 4.74 Å². The van der Waals surface area contributed by atoms with E-state index in [1.54, 1.807) is 0 Å². The third-order valence-corrected chi connectivity index (χ3v) is 3.12. The van der Waals surface area contributed by atoms with Crippen molar-refractivity contribution in [3.8, 4) is 0 Å². The zero-order chi connectivity index (χ0) is 10.7. The van der Waals surface area contributed by atoms with E-state index in [1.807, 2.05) is 6.20 Å². The van der Waals surface area contributed by atoms with Crippen molar-refractivity contribution in [1.82, 2.24) is 9.88 Å². The van der Waals surface area contributed by atoms with Crippen molar-refractivity contribution in [3.63, 3.8) is 0 Å². The molecule has 2 heterocycles. The predicted octanol–water partition coefficient (Wildman–Crippen LogP) is 2.06. The zero-order valence-corrected chi connectivity index (χ0v) is 10.4. The molecule has 0 spiro atoms. The highest BCUT2D eigenvalue weighted by Gasteiger charge is 2.18. The van der Waals surface area contributed by atoms with Gasteiger partial charge in [0.25, 0.3) is 0 Å². The Hall–Kier alpha value is -0.450. The summed E-state index contributed by atoms with van der Waals surface area (Å²) in [6.07, 6.45) is 1.84. The van der Waals surface area contributed by atoms with Crippen LogP contribution in [0.2, 0.25) is 0 Å². The van der Waals surface area contributed by atoms with Crippen molar-refractivity contribution >= 4 is 15.9 Å². The Labute approximate surface area is 98.6 Å². The normalized spacial score (nSPS) is 22.9. The average molecular weight is 271 g/mol. The quantitative estimate of drug-likeness (QED) is 0.770. The molecule has 15 heavy (non-hydrogen) atoms. The van der Waals surface area contributed by atoms with E-state index >= 15 is 0 Å². The molecule has 0 N–H and O–H groups in total. The van der Waals surface area contributed by atoms with Crippen LogP contribution in [0.5, 0.6) is 0 Å². The molecule has 2 rings (SSSR count). The summed E-state index contributed by atoms with van der Waals surface area (Å²) in [7, 11) is 0. The van der Waals surface area contributed by atoms with E-state index in [9.17, 15) is 0 Å². The van der Waals surface area contributed by atoms with Gasteiger partial charge in [0.1, 0.15) is 4.60 Å². The van der Waals surface area contributed by atoms with Crippen LogP contribution in [0, 0.1) is 0 Å². The van der Waals surface area contributed by atoms with Crippen LogP contribution >= 0.6 is 15.9 Å². The number of hydrogen-bond donors (Lipinski definition) is 0. The van der Waals surface area contributed by atoms with E-state index in [0.29, 0.717) is 6.04 Å². The van der Waals surface area contributed by atoms with Crippen LogP contribution in [-0.2, 0) is 11.3 Å². The van der Waals surface area contributed by atoms with Gasteiger partial charge in [0, 0.05) is 25.3 Å². The first-order chi connectivity index (χ1) is 7.25. The Morgan fingerprint density at radius 2 is 2.53 bits per heavy atom. The molecule has 1 aliphatic rings. The molecule has 1 fully saturated rings. The fourth-order valence-corrected chi connectivity index (χ4v) is 2.18. The summed E-state index contributed by atoms with van der Waals surface area (Å²) >= 11 is 3.39. The molecule has 1 aliphatic heterocycles. The topological polar surface area (TPSA) is 25.4 Å². The molecule has 0 radical (unpaired) electrons. The molecule has 4 heteroatoms.